The highest BCUT2D eigenvalue weighted by Gasteiger charge is 2.45. The first-order valence-electron chi connectivity index (χ1n) is 9.57. The van der Waals surface area contributed by atoms with Crippen LogP contribution in [0.5, 0.6) is 0 Å². The summed E-state index contributed by atoms with van der Waals surface area (Å²) < 4.78 is 27.7. The lowest BCUT2D eigenvalue weighted by Gasteiger charge is -2.34. The molecule has 5 rings (SSSR count). The Kier molecular flexibility index (Phi) is 4.30. The number of rotatable bonds is 4. The maximum atomic E-state index is 14.1. The lowest BCUT2D eigenvalue weighted by Crippen LogP contribution is -2.48. The second-order valence-electron chi connectivity index (χ2n) is 7.38. The van der Waals surface area contributed by atoms with E-state index in [0.717, 1.165) is 18.3 Å². The van der Waals surface area contributed by atoms with E-state index in [2.05, 4.69) is 26.8 Å². The van der Waals surface area contributed by atoms with Crippen molar-refractivity contribution in [1.82, 2.24) is 19.9 Å². The molecule has 0 saturated carbocycles. The summed E-state index contributed by atoms with van der Waals surface area (Å²) in [6.45, 7) is 4.87. The standard InChI is InChI=1S/C21H18F2N6O/c1-2-18(30)29-10-12-8-13(29)9-28(12)17-7-6-16-20(27-17)21(25-11-24-16)26-15-5-3-4-14(22)19(15)23/h2-7,11-13H,1,8-10H2,(H,24,25,26)/t12-,13-/m0/s1. The molecule has 152 valence electrons. The molecule has 2 bridgehead atoms. The van der Waals surface area contributed by atoms with Gasteiger partial charge < -0.3 is 15.1 Å². The van der Waals surface area contributed by atoms with E-state index in [1.54, 1.807) is 0 Å². The number of likely N-dealkylation sites (tertiary alicyclic amines) is 1. The number of piperazine rings is 1. The van der Waals surface area contributed by atoms with Gasteiger partial charge >= 0.3 is 0 Å². The number of halogens is 2. The Labute approximate surface area is 171 Å². The highest BCUT2D eigenvalue weighted by Crippen LogP contribution is 2.35. The van der Waals surface area contributed by atoms with Crippen molar-refractivity contribution < 1.29 is 13.6 Å². The summed E-state index contributed by atoms with van der Waals surface area (Å²) in [7, 11) is 0. The van der Waals surface area contributed by atoms with Gasteiger partial charge in [-0.1, -0.05) is 12.6 Å². The van der Waals surface area contributed by atoms with Crippen LogP contribution in [0.3, 0.4) is 0 Å². The monoisotopic (exact) mass is 408 g/mol. The van der Waals surface area contributed by atoms with Crippen LogP contribution < -0.4 is 10.2 Å². The number of nitrogens with one attached hydrogen (secondary N) is 1. The molecule has 4 heterocycles. The number of hydrogen-bond acceptors (Lipinski definition) is 6. The largest absolute Gasteiger partial charge is 0.350 e. The Morgan fingerprint density at radius 1 is 1.17 bits per heavy atom. The molecule has 30 heavy (non-hydrogen) atoms. The molecule has 1 N–H and O–H groups in total. The Bertz CT molecular complexity index is 1170. The third kappa shape index (κ3) is 2.94. The summed E-state index contributed by atoms with van der Waals surface area (Å²) in [4.78, 5) is 29.1. The van der Waals surface area contributed by atoms with Crippen LogP contribution in [-0.4, -0.2) is 50.9 Å². The summed E-state index contributed by atoms with van der Waals surface area (Å²) in [6, 6.07) is 7.90. The molecule has 2 aliphatic rings. The number of benzene rings is 1. The quantitative estimate of drug-likeness (QED) is 0.669. The van der Waals surface area contributed by atoms with Crippen molar-refractivity contribution in [2.45, 2.75) is 18.5 Å². The van der Waals surface area contributed by atoms with E-state index in [1.807, 2.05) is 17.0 Å². The molecule has 2 aliphatic heterocycles. The second kappa shape index (κ2) is 7.01. The summed E-state index contributed by atoms with van der Waals surface area (Å²) in [5, 5.41) is 2.83. The minimum absolute atomic E-state index is 0.0268. The smallest absolute Gasteiger partial charge is 0.246 e. The Morgan fingerprint density at radius 3 is 2.80 bits per heavy atom. The molecular formula is C21H18F2N6O. The van der Waals surface area contributed by atoms with Crippen LogP contribution in [0.1, 0.15) is 6.42 Å². The maximum Gasteiger partial charge on any atom is 0.246 e. The third-order valence-electron chi connectivity index (χ3n) is 5.66. The van der Waals surface area contributed by atoms with Crippen LogP contribution in [-0.2, 0) is 4.79 Å². The number of carbonyl (C=O) groups excluding carboxylic acids is 1. The first-order chi connectivity index (χ1) is 14.5. The lowest BCUT2D eigenvalue weighted by atomic mass is 10.2. The molecule has 0 radical (unpaired) electrons. The lowest BCUT2D eigenvalue weighted by molar-refractivity contribution is -0.127. The van der Waals surface area contributed by atoms with E-state index in [4.69, 9.17) is 4.98 Å². The van der Waals surface area contributed by atoms with E-state index in [1.165, 1.54) is 24.5 Å². The van der Waals surface area contributed by atoms with Gasteiger partial charge in [0.15, 0.2) is 17.5 Å². The molecule has 0 spiro atoms. The van der Waals surface area contributed by atoms with Gasteiger partial charge in [-0.15, -0.1) is 0 Å². The molecule has 2 saturated heterocycles. The van der Waals surface area contributed by atoms with Gasteiger partial charge in [0.25, 0.3) is 0 Å². The summed E-state index contributed by atoms with van der Waals surface area (Å²) in [5.74, 6) is -0.953. The molecule has 2 aromatic heterocycles. The first kappa shape index (κ1) is 18.4. The first-order valence-corrected chi connectivity index (χ1v) is 9.57. The van der Waals surface area contributed by atoms with Crippen molar-refractivity contribution in [3.05, 3.63) is 60.9 Å². The molecule has 3 aromatic rings. The molecule has 2 atom stereocenters. The number of anilines is 3. The van der Waals surface area contributed by atoms with Crippen molar-refractivity contribution in [3.8, 4) is 0 Å². The number of amides is 1. The fourth-order valence-electron chi connectivity index (χ4n) is 4.24. The predicted octanol–water partition coefficient (Wildman–Crippen LogP) is 3.02. The molecule has 0 aliphatic carbocycles. The Hall–Kier alpha value is -3.62. The van der Waals surface area contributed by atoms with Crippen LogP contribution in [0, 0.1) is 11.6 Å². The van der Waals surface area contributed by atoms with E-state index in [9.17, 15) is 13.6 Å². The molecule has 1 aromatic carbocycles. The molecular weight excluding hydrogens is 390 g/mol. The van der Waals surface area contributed by atoms with Gasteiger partial charge in [-0.2, -0.15) is 0 Å². The fourth-order valence-corrected chi connectivity index (χ4v) is 4.24. The van der Waals surface area contributed by atoms with Crippen LogP contribution in [0.4, 0.5) is 26.1 Å². The van der Waals surface area contributed by atoms with Crippen molar-refractivity contribution in [1.29, 1.82) is 0 Å². The normalized spacial score (nSPS) is 20.1. The third-order valence-corrected chi connectivity index (χ3v) is 5.66. The van der Waals surface area contributed by atoms with E-state index in [0.29, 0.717) is 29.9 Å². The van der Waals surface area contributed by atoms with Crippen molar-refractivity contribution in [3.63, 3.8) is 0 Å². The number of fused-ring (bicyclic) bond motifs is 3. The summed E-state index contributed by atoms with van der Waals surface area (Å²) in [6.07, 6.45) is 3.57. The van der Waals surface area contributed by atoms with Crippen molar-refractivity contribution >= 4 is 34.3 Å². The molecule has 0 unspecified atom stereocenters. The van der Waals surface area contributed by atoms with Gasteiger partial charge in [0.05, 0.1) is 23.3 Å². The van der Waals surface area contributed by atoms with Gasteiger partial charge in [-0.25, -0.2) is 23.7 Å². The summed E-state index contributed by atoms with van der Waals surface area (Å²) >= 11 is 0. The number of pyridine rings is 1. The maximum absolute atomic E-state index is 14.1. The van der Waals surface area contributed by atoms with Gasteiger partial charge in [0.2, 0.25) is 5.91 Å². The molecule has 7 nitrogen and oxygen atoms in total. The summed E-state index contributed by atoms with van der Waals surface area (Å²) in [5.41, 5.74) is 1.02. The zero-order valence-corrected chi connectivity index (χ0v) is 15.9. The Morgan fingerprint density at radius 2 is 2.03 bits per heavy atom. The van der Waals surface area contributed by atoms with Gasteiger partial charge in [-0.05, 0) is 36.8 Å². The number of aromatic nitrogens is 3. The average molecular weight is 408 g/mol. The van der Waals surface area contributed by atoms with Crippen LogP contribution in [0.25, 0.3) is 11.0 Å². The van der Waals surface area contributed by atoms with E-state index >= 15 is 0 Å². The zero-order chi connectivity index (χ0) is 20.8. The van der Waals surface area contributed by atoms with E-state index in [-0.39, 0.29) is 23.7 Å². The number of carbonyl (C=O) groups is 1. The van der Waals surface area contributed by atoms with Gasteiger partial charge in [0.1, 0.15) is 17.7 Å². The fraction of sp³-hybridized carbons (Fsp3) is 0.238. The zero-order valence-electron chi connectivity index (χ0n) is 15.9. The van der Waals surface area contributed by atoms with Crippen molar-refractivity contribution in [2.24, 2.45) is 0 Å². The Balaban J connectivity index is 1.47. The van der Waals surface area contributed by atoms with E-state index < -0.39 is 11.6 Å². The topological polar surface area (TPSA) is 74.2 Å². The van der Waals surface area contributed by atoms with Crippen molar-refractivity contribution in [2.75, 3.05) is 23.3 Å². The highest BCUT2D eigenvalue weighted by atomic mass is 19.2. The SMILES string of the molecule is C=CC(=O)N1C[C@@H]2C[C@H]1CN2c1ccc2ncnc(Nc3cccc(F)c3F)c2n1. The minimum atomic E-state index is -0.982. The van der Waals surface area contributed by atoms with Crippen LogP contribution in [0.2, 0.25) is 0 Å². The molecule has 2 fully saturated rings. The number of nitrogens with zero attached hydrogens (tertiary/aromatic N) is 5. The predicted molar refractivity (Wildman–Crippen MR) is 108 cm³/mol. The van der Waals surface area contributed by atoms with Crippen LogP contribution >= 0.6 is 0 Å². The average Bonchev–Trinajstić information content (AvgIpc) is 3.37. The minimum Gasteiger partial charge on any atom is -0.350 e. The van der Waals surface area contributed by atoms with Gasteiger partial charge in [0, 0.05) is 13.1 Å². The highest BCUT2D eigenvalue weighted by molar-refractivity contribution is 5.89. The van der Waals surface area contributed by atoms with Gasteiger partial charge in [-0.3, -0.25) is 4.79 Å². The second-order valence-corrected chi connectivity index (χ2v) is 7.38. The number of hydrogen-bond donors (Lipinski definition) is 1. The van der Waals surface area contributed by atoms with Crippen LogP contribution in [0.15, 0.2) is 49.3 Å². The molecule has 1 amide bonds. The molecule has 9 heteroatoms.